The number of fused-ring (bicyclic) bond motifs is 1. The van der Waals surface area contributed by atoms with E-state index in [1.807, 2.05) is 48.5 Å². The molecule has 6 nitrogen and oxygen atoms in total. The number of nitriles is 1. The molecule has 1 amide bonds. The van der Waals surface area contributed by atoms with Crippen LogP contribution < -0.4 is 10.6 Å². The number of nitrogens with one attached hydrogen (secondary N) is 2. The molecule has 0 fully saturated rings. The number of benzene rings is 2. The van der Waals surface area contributed by atoms with Crippen LogP contribution in [0.4, 0.5) is 5.82 Å². The van der Waals surface area contributed by atoms with Crippen molar-refractivity contribution in [2.75, 3.05) is 11.9 Å². The van der Waals surface area contributed by atoms with Crippen LogP contribution in [0, 0.1) is 11.3 Å². The molecule has 0 saturated carbocycles. The average Bonchev–Trinajstić information content (AvgIpc) is 2.73. The molecule has 27 heavy (non-hydrogen) atoms. The summed E-state index contributed by atoms with van der Waals surface area (Å²) >= 11 is 0. The summed E-state index contributed by atoms with van der Waals surface area (Å²) in [6.45, 7) is 1.08. The predicted octanol–water partition coefficient (Wildman–Crippen LogP) is 2.91. The van der Waals surface area contributed by atoms with Crippen LogP contribution in [0.2, 0.25) is 0 Å². The van der Waals surface area contributed by atoms with Crippen molar-refractivity contribution in [3.63, 3.8) is 0 Å². The molecule has 0 saturated heterocycles. The normalized spacial score (nSPS) is 12.6. The van der Waals surface area contributed by atoms with Gasteiger partial charge in [-0.15, -0.1) is 0 Å². The van der Waals surface area contributed by atoms with E-state index >= 15 is 0 Å². The number of aromatic nitrogens is 2. The molecule has 0 atom stereocenters. The van der Waals surface area contributed by atoms with Crippen LogP contribution >= 0.6 is 0 Å². The van der Waals surface area contributed by atoms with Crippen LogP contribution in [0.1, 0.15) is 27.2 Å². The number of carbonyl (C=O) groups is 1. The summed E-state index contributed by atoms with van der Waals surface area (Å²) in [5, 5.41) is 15.2. The highest BCUT2D eigenvalue weighted by molar-refractivity contribution is 5.96. The summed E-state index contributed by atoms with van der Waals surface area (Å²) in [5.74, 6) is 1.00. The Bertz CT molecular complexity index is 1040. The molecule has 0 spiro atoms. The smallest absolute Gasteiger partial charge is 0.270 e. The zero-order valence-electron chi connectivity index (χ0n) is 14.6. The quantitative estimate of drug-likeness (QED) is 0.751. The van der Waals surface area contributed by atoms with E-state index in [9.17, 15) is 4.79 Å². The Balaban J connectivity index is 1.71. The van der Waals surface area contributed by atoms with Gasteiger partial charge in [-0.25, -0.2) is 9.97 Å². The van der Waals surface area contributed by atoms with Crippen molar-refractivity contribution in [2.45, 2.75) is 13.0 Å². The van der Waals surface area contributed by atoms with Gasteiger partial charge in [0.2, 0.25) is 0 Å². The molecule has 2 N–H and O–H groups in total. The van der Waals surface area contributed by atoms with E-state index in [1.165, 1.54) is 0 Å². The number of hydrogen-bond acceptors (Lipinski definition) is 5. The van der Waals surface area contributed by atoms with Crippen LogP contribution in [0.15, 0.2) is 54.6 Å². The van der Waals surface area contributed by atoms with Crippen molar-refractivity contribution in [3.05, 3.63) is 77.0 Å². The fourth-order valence-electron chi connectivity index (χ4n) is 3.09. The number of carbonyl (C=O) groups excluding carboxylic acids is 1. The van der Waals surface area contributed by atoms with Gasteiger partial charge in [0.15, 0.2) is 5.82 Å². The van der Waals surface area contributed by atoms with E-state index in [2.05, 4.69) is 26.7 Å². The monoisotopic (exact) mass is 355 g/mol. The lowest BCUT2D eigenvalue weighted by atomic mass is 10.1. The zero-order chi connectivity index (χ0) is 18.6. The Labute approximate surface area is 156 Å². The van der Waals surface area contributed by atoms with Crippen molar-refractivity contribution in [2.24, 2.45) is 0 Å². The van der Waals surface area contributed by atoms with Gasteiger partial charge in [0.05, 0.1) is 11.6 Å². The first kappa shape index (κ1) is 16.7. The second kappa shape index (κ2) is 7.26. The SMILES string of the molecule is N#Cc1cccc(CNc2nc(-c3ccccc3)nc3c2CCNC3=O)c1. The van der Waals surface area contributed by atoms with Gasteiger partial charge in [0, 0.05) is 24.2 Å². The molecule has 6 heteroatoms. The summed E-state index contributed by atoms with van der Waals surface area (Å²) in [7, 11) is 0. The van der Waals surface area contributed by atoms with Gasteiger partial charge >= 0.3 is 0 Å². The topological polar surface area (TPSA) is 90.7 Å². The maximum Gasteiger partial charge on any atom is 0.270 e. The molecule has 1 aromatic heterocycles. The predicted molar refractivity (Wildman–Crippen MR) is 102 cm³/mol. The molecule has 1 aliphatic heterocycles. The number of rotatable bonds is 4. The van der Waals surface area contributed by atoms with Gasteiger partial charge in [-0.1, -0.05) is 42.5 Å². The molecule has 3 aromatic rings. The lowest BCUT2D eigenvalue weighted by molar-refractivity contribution is 0.0940. The van der Waals surface area contributed by atoms with E-state index in [-0.39, 0.29) is 5.91 Å². The van der Waals surface area contributed by atoms with E-state index in [0.717, 1.165) is 16.7 Å². The summed E-state index contributed by atoms with van der Waals surface area (Å²) in [4.78, 5) is 21.5. The maximum absolute atomic E-state index is 12.3. The molecule has 4 rings (SSSR count). The van der Waals surface area contributed by atoms with Gasteiger partial charge in [-0.2, -0.15) is 5.26 Å². The van der Waals surface area contributed by atoms with Crippen molar-refractivity contribution < 1.29 is 4.79 Å². The first-order valence-electron chi connectivity index (χ1n) is 8.72. The summed E-state index contributed by atoms with van der Waals surface area (Å²) < 4.78 is 0. The molecule has 132 valence electrons. The second-order valence-electron chi connectivity index (χ2n) is 6.26. The molecule has 2 aromatic carbocycles. The van der Waals surface area contributed by atoms with E-state index in [1.54, 1.807) is 6.07 Å². The van der Waals surface area contributed by atoms with Crippen LogP contribution in [-0.2, 0) is 13.0 Å². The van der Waals surface area contributed by atoms with Crippen LogP contribution in [0.3, 0.4) is 0 Å². The van der Waals surface area contributed by atoms with E-state index in [0.29, 0.717) is 42.4 Å². The third-order valence-electron chi connectivity index (χ3n) is 4.43. The summed E-state index contributed by atoms with van der Waals surface area (Å²) in [6, 6.07) is 19.2. The van der Waals surface area contributed by atoms with Crippen LogP contribution in [0.25, 0.3) is 11.4 Å². The number of nitrogens with zero attached hydrogens (tertiary/aromatic N) is 3. The first-order chi connectivity index (χ1) is 13.2. The maximum atomic E-state index is 12.3. The Morgan fingerprint density at radius 2 is 1.96 bits per heavy atom. The molecule has 0 unspecified atom stereocenters. The molecule has 1 aliphatic rings. The molecular weight excluding hydrogens is 338 g/mol. The Kier molecular flexibility index (Phi) is 4.50. The van der Waals surface area contributed by atoms with Gasteiger partial charge in [0.25, 0.3) is 5.91 Å². The summed E-state index contributed by atoms with van der Waals surface area (Å²) in [5.41, 5.74) is 3.69. The standard InChI is InChI=1S/C21H17N5O/c22-12-14-5-4-6-15(11-14)13-24-20-17-9-10-23-21(27)18(17)25-19(26-20)16-7-2-1-3-8-16/h1-8,11H,9-10,13H2,(H,23,27)(H,24,25,26). The average molecular weight is 355 g/mol. The van der Waals surface area contributed by atoms with Gasteiger partial charge in [-0.3, -0.25) is 4.79 Å². The molecular formula is C21H17N5O. The number of hydrogen-bond donors (Lipinski definition) is 2. The second-order valence-corrected chi connectivity index (χ2v) is 6.26. The van der Waals surface area contributed by atoms with E-state index in [4.69, 9.17) is 5.26 Å². The zero-order valence-corrected chi connectivity index (χ0v) is 14.6. The summed E-state index contributed by atoms with van der Waals surface area (Å²) in [6.07, 6.45) is 0.677. The van der Waals surface area contributed by atoms with Gasteiger partial charge in [0.1, 0.15) is 11.5 Å². The third-order valence-corrected chi connectivity index (χ3v) is 4.43. The third kappa shape index (κ3) is 3.48. The lowest BCUT2D eigenvalue weighted by Gasteiger charge is -2.20. The Morgan fingerprint density at radius 3 is 2.78 bits per heavy atom. The van der Waals surface area contributed by atoms with E-state index < -0.39 is 0 Å². The largest absolute Gasteiger partial charge is 0.366 e. The molecule has 2 heterocycles. The van der Waals surface area contributed by atoms with Crippen molar-refractivity contribution >= 4 is 11.7 Å². The Hall–Kier alpha value is -3.72. The van der Waals surface area contributed by atoms with Crippen molar-refractivity contribution in [1.82, 2.24) is 15.3 Å². The fourth-order valence-corrected chi connectivity index (χ4v) is 3.09. The molecule has 0 bridgehead atoms. The first-order valence-corrected chi connectivity index (χ1v) is 8.72. The highest BCUT2D eigenvalue weighted by Gasteiger charge is 2.24. The molecule has 0 radical (unpaired) electrons. The number of anilines is 1. The van der Waals surface area contributed by atoms with Crippen molar-refractivity contribution in [1.29, 1.82) is 5.26 Å². The minimum absolute atomic E-state index is 0.176. The highest BCUT2D eigenvalue weighted by atomic mass is 16.1. The van der Waals surface area contributed by atoms with Crippen molar-refractivity contribution in [3.8, 4) is 17.5 Å². The fraction of sp³-hybridized carbons (Fsp3) is 0.143. The van der Waals surface area contributed by atoms with Crippen LogP contribution in [-0.4, -0.2) is 22.4 Å². The molecule has 0 aliphatic carbocycles. The van der Waals surface area contributed by atoms with Crippen LogP contribution in [0.5, 0.6) is 0 Å². The Morgan fingerprint density at radius 1 is 1.11 bits per heavy atom. The highest BCUT2D eigenvalue weighted by Crippen LogP contribution is 2.25. The van der Waals surface area contributed by atoms with Gasteiger partial charge < -0.3 is 10.6 Å². The number of amides is 1. The lowest BCUT2D eigenvalue weighted by Crippen LogP contribution is -2.34. The minimum Gasteiger partial charge on any atom is -0.366 e. The van der Waals surface area contributed by atoms with Gasteiger partial charge in [-0.05, 0) is 24.1 Å². The minimum atomic E-state index is -0.176.